The molecule has 1 aliphatic heterocycles. The zero-order chi connectivity index (χ0) is 18.4. The molecule has 3 aromatic rings. The monoisotopic (exact) mass is 412 g/mol. The average molecular weight is 413 g/mol. The van der Waals surface area contributed by atoms with Gasteiger partial charge in [-0.05, 0) is 24.3 Å². The van der Waals surface area contributed by atoms with Crippen molar-refractivity contribution in [1.29, 1.82) is 5.26 Å². The number of hydrogen-bond acceptors (Lipinski definition) is 5. The number of benzene rings is 2. The second kappa shape index (κ2) is 6.00. The minimum absolute atomic E-state index is 0.0165. The Morgan fingerprint density at radius 2 is 2.00 bits per heavy atom. The number of rotatable bonds is 1. The highest BCUT2D eigenvalue weighted by atomic mass is 79.9. The molecule has 2 N–H and O–H groups in total. The molecule has 1 aliphatic rings. The molecule has 4 rings (SSSR count). The van der Waals surface area contributed by atoms with Gasteiger partial charge >= 0.3 is 0 Å². The summed E-state index contributed by atoms with van der Waals surface area (Å²) in [6, 6.07) is 13.0. The van der Waals surface area contributed by atoms with Crippen LogP contribution >= 0.6 is 15.9 Å². The smallest absolute Gasteiger partial charge is 0.235 e. The molecule has 5 nitrogen and oxygen atoms in total. The Morgan fingerprint density at radius 3 is 2.73 bits per heavy atom. The van der Waals surface area contributed by atoms with Crippen LogP contribution in [0.1, 0.15) is 17.2 Å². The summed E-state index contributed by atoms with van der Waals surface area (Å²) in [7, 11) is 0. The van der Waals surface area contributed by atoms with Crippen molar-refractivity contribution in [2.45, 2.75) is 5.92 Å². The van der Waals surface area contributed by atoms with E-state index in [4.69, 9.17) is 14.9 Å². The Kier molecular flexibility index (Phi) is 3.78. The first-order valence-electron chi connectivity index (χ1n) is 7.59. The van der Waals surface area contributed by atoms with Crippen LogP contribution in [0.25, 0.3) is 11.0 Å². The van der Waals surface area contributed by atoms with Gasteiger partial charge in [-0.3, -0.25) is 4.79 Å². The van der Waals surface area contributed by atoms with Crippen molar-refractivity contribution >= 4 is 26.9 Å². The van der Waals surface area contributed by atoms with Gasteiger partial charge in [0.05, 0.1) is 11.3 Å². The summed E-state index contributed by atoms with van der Waals surface area (Å²) in [4.78, 5) is 12.8. The first-order valence-corrected chi connectivity index (χ1v) is 8.39. The highest BCUT2D eigenvalue weighted by Crippen LogP contribution is 2.42. The molecule has 0 saturated carbocycles. The van der Waals surface area contributed by atoms with Gasteiger partial charge in [-0.1, -0.05) is 34.1 Å². The lowest BCUT2D eigenvalue weighted by atomic mass is 9.87. The maximum Gasteiger partial charge on any atom is 0.235 e. The molecule has 0 spiro atoms. The summed E-state index contributed by atoms with van der Waals surface area (Å²) >= 11 is 3.20. The van der Waals surface area contributed by atoms with Crippen LogP contribution in [-0.4, -0.2) is 0 Å². The number of hydrogen-bond donors (Lipinski definition) is 1. The quantitative estimate of drug-likeness (QED) is 0.654. The third-order valence-corrected chi connectivity index (χ3v) is 4.70. The number of ether oxygens (including phenoxy) is 1. The molecule has 0 bridgehead atoms. The van der Waals surface area contributed by atoms with E-state index in [1.165, 1.54) is 12.1 Å². The predicted molar refractivity (Wildman–Crippen MR) is 95.9 cm³/mol. The van der Waals surface area contributed by atoms with Crippen molar-refractivity contribution in [3.8, 4) is 11.8 Å². The first kappa shape index (κ1) is 16.4. The zero-order valence-corrected chi connectivity index (χ0v) is 14.7. The Morgan fingerprint density at radius 1 is 1.23 bits per heavy atom. The van der Waals surface area contributed by atoms with Gasteiger partial charge in [-0.15, -0.1) is 0 Å². The van der Waals surface area contributed by atoms with Crippen molar-refractivity contribution in [2.75, 3.05) is 0 Å². The Balaban J connectivity index is 2.08. The van der Waals surface area contributed by atoms with Crippen molar-refractivity contribution in [1.82, 2.24) is 0 Å². The highest BCUT2D eigenvalue weighted by molar-refractivity contribution is 9.10. The third kappa shape index (κ3) is 2.38. The van der Waals surface area contributed by atoms with Gasteiger partial charge in [0.25, 0.3) is 0 Å². The van der Waals surface area contributed by atoms with E-state index in [0.29, 0.717) is 15.4 Å². The molecule has 2 aromatic carbocycles. The van der Waals surface area contributed by atoms with Crippen LogP contribution < -0.4 is 15.9 Å². The van der Waals surface area contributed by atoms with Crippen molar-refractivity contribution in [3.05, 3.63) is 85.8 Å². The molecule has 7 heteroatoms. The van der Waals surface area contributed by atoms with Crippen molar-refractivity contribution in [3.63, 3.8) is 0 Å². The molecule has 1 unspecified atom stereocenters. The number of fused-ring (bicyclic) bond motifs is 2. The van der Waals surface area contributed by atoms with E-state index < -0.39 is 17.2 Å². The molecule has 1 aromatic heterocycles. The molecule has 0 aliphatic carbocycles. The summed E-state index contributed by atoms with van der Waals surface area (Å²) < 4.78 is 26.4. The molecular weight excluding hydrogens is 403 g/mol. The lowest BCUT2D eigenvalue weighted by molar-refractivity contribution is 0.353. The van der Waals surface area contributed by atoms with Crippen LogP contribution in [0.5, 0.6) is 5.75 Å². The minimum atomic E-state index is -0.978. The highest BCUT2D eigenvalue weighted by Gasteiger charge is 2.36. The largest absolute Gasteiger partial charge is 0.456 e. The lowest BCUT2D eigenvalue weighted by Crippen LogP contribution is -2.25. The second-order valence-corrected chi connectivity index (χ2v) is 6.63. The first-order chi connectivity index (χ1) is 12.5. The fourth-order valence-corrected chi connectivity index (χ4v) is 3.35. The van der Waals surface area contributed by atoms with E-state index in [9.17, 15) is 14.4 Å². The standard InChI is InChI=1S/C19H10BrFN2O3/c20-9-5-6-10(13(21)7-9)15-12(8-22)19(23)26-18-16(24)11-3-1-2-4-14(11)25-17(15)18/h1-7,15H,23H2. The van der Waals surface area contributed by atoms with Crippen molar-refractivity contribution in [2.24, 2.45) is 5.73 Å². The number of nitriles is 1. The Hall–Kier alpha value is -3.11. The van der Waals surface area contributed by atoms with Crippen LogP contribution in [0, 0.1) is 17.1 Å². The average Bonchev–Trinajstić information content (AvgIpc) is 2.62. The van der Waals surface area contributed by atoms with Gasteiger partial charge < -0.3 is 14.9 Å². The maximum atomic E-state index is 14.6. The summed E-state index contributed by atoms with van der Waals surface area (Å²) in [6.45, 7) is 0. The number of halogens is 2. The van der Waals surface area contributed by atoms with E-state index in [1.54, 1.807) is 30.3 Å². The maximum absolute atomic E-state index is 14.6. The molecule has 128 valence electrons. The second-order valence-electron chi connectivity index (χ2n) is 5.71. The fraction of sp³-hybridized carbons (Fsp3) is 0.0526. The molecule has 2 heterocycles. The van der Waals surface area contributed by atoms with Gasteiger partial charge in [0.2, 0.25) is 17.1 Å². The van der Waals surface area contributed by atoms with Gasteiger partial charge in [0, 0.05) is 10.0 Å². The van der Waals surface area contributed by atoms with E-state index >= 15 is 0 Å². The molecule has 0 saturated heterocycles. The lowest BCUT2D eigenvalue weighted by Gasteiger charge is -2.25. The Bertz CT molecular complexity index is 1190. The van der Waals surface area contributed by atoms with E-state index in [0.717, 1.165) is 0 Å². The minimum Gasteiger partial charge on any atom is -0.456 e. The SMILES string of the molecule is N#CC1=C(N)Oc2c(oc3ccccc3c2=O)C1c1ccc(Br)cc1F. The van der Waals surface area contributed by atoms with Gasteiger partial charge in [-0.2, -0.15) is 5.26 Å². The topological polar surface area (TPSA) is 89.2 Å². The van der Waals surface area contributed by atoms with Gasteiger partial charge in [-0.25, -0.2) is 4.39 Å². The number of nitrogens with two attached hydrogens (primary N) is 1. The summed E-state index contributed by atoms with van der Waals surface area (Å²) in [5, 5.41) is 9.84. The van der Waals surface area contributed by atoms with Gasteiger partial charge in [0.1, 0.15) is 23.0 Å². The predicted octanol–water partition coefficient (Wildman–Crippen LogP) is 3.91. The van der Waals surface area contributed by atoms with Crippen LogP contribution in [0.3, 0.4) is 0 Å². The van der Waals surface area contributed by atoms with Crippen LogP contribution in [0.15, 0.2) is 67.6 Å². The summed E-state index contributed by atoms with van der Waals surface area (Å²) in [5.74, 6) is -1.86. The molecule has 0 fully saturated rings. The molecule has 0 amide bonds. The van der Waals surface area contributed by atoms with E-state index in [-0.39, 0.29) is 28.5 Å². The molecule has 0 radical (unpaired) electrons. The van der Waals surface area contributed by atoms with Crippen molar-refractivity contribution < 1.29 is 13.5 Å². The van der Waals surface area contributed by atoms with E-state index in [2.05, 4.69) is 15.9 Å². The number of para-hydroxylation sites is 1. The Labute approximate surface area is 155 Å². The number of allylic oxidation sites excluding steroid dienone is 1. The summed E-state index contributed by atoms with van der Waals surface area (Å²) in [5.41, 5.74) is 5.89. The van der Waals surface area contributed by atoms with Crippen LogP contribution in [0.2, 0.25) is 0 Å². The molecule has 26 heavy (non-hydrogen) atoms. The van der Waals surface area contributed by atoms with Crippen LogP contribution in [0.4, 0.5) is 4.39 Å². The normalized spacial score (nSPS) is 16.1. The van der Waals surface area contributed by atoms with E-state index in [1.807, 2.05) is 6.07 Å². The number of nitrogens with zero attached hydrogens (tertiary/aromatic N) is 1. The summed E-state index contributed by atoms with van der Waals surface area (Å²) in [6.07, 6.45) is 0. The van der Waals surface area contributed by atoms with Crippen LogP contribution in [-0.2, 0) is 0 Å². The van der Waals surface area contributed by atoms with Gasteiger partial charge in [0.15, 0.2) is 5.76 Å². The molecular formula is C19H10BrFN2O3. The fourth-order valence-electron chi connectivity index (χ4n) is 3.02. The molecule has 1 atom stereocenters. The third-order valence-electron chi connectivity index (χ3n) is 4.20. The zero-order valence-electron chi connectivity index (χ0n) is 13.1.